The Hall–Kier alpha value is -1.88. The molecule has 1 aliphatic carbocycles. The number of nitrogens with zero attached hydrogens (tertiary/aromatic N) is 1. The van der Waals surface area contributed by atoms with Gasteiger partial charge in [0.15, 0.2) is 0 Å². The maximum Gasteiger partial charge on any atom is 0.253 e. The molecular weight excluding hydrogens is 304 g/mol. The van der Waals surface area contributed by atoms with Crippen LogP contribution in [0.25, 0.3) is 0 Å². The molecule has 1 N–H and O–H groups in total. The summed E-state index contributed by atoms with van der Waals surface area (Å²) < 4.78 is 5.71. The smallest absolute Gasteiger partial charge is 0.253 e. The molecular formula is C19H28N2O3. The number of carbonyl (C=O) groups excluding carboxylic acids is 2. The van der Waals surface area contributed by atoms with Crippen molar-refractivity contribution in [1.82, 2.24) is 5.32 Å². The topological polar surface area (TPSA) is 58.6 Å². The summed E-state index contributed by atoms with van der Waals surface area (Å²) in [5.41, 5.74) is 1.07. The minimum Gasteiger partial charge on any atom is -0.378 e. The van der Waals surface area contributed by atoms with Gasteiger partial charge in [0.05, 0.1) is 17.4 Å². The number of hydrogen-bond donors (Lipinski definition) is 1. The van der Waals surface area contributed by atoms with E-state index in [1.165, 1.54) is 0 Å². The Morgan fingerprint density at radius 3 is 2.54 bits per heavy atom. The fourth-order valence-corrected chi connectivity index (χ4v) is 3.18. The van der Waals surface area contributed by atoms with Crippen LogP contribution >= 0.6 is 0 Å². The molecule has 1 aromatic carbocycles. The van der Waals surface area contributed by atoms with Crippen molar-refractivity contribution in [2.45, 2.75) is 52.7 Å². The van der Waals surface area contributed by atoms with Crippen molar-refractivity contribution in [2.75, 3.05) is 18.6 Å². The highest BCUT2D eigenvalue weighted by molar-refractivity contribution is 6.04. The fourth-order valence-electron chi connectivity index (χ4n) is 3.18. The Morgan fingerprint density at radius 2 is 1.96 bits per heavy atom. The molecule has 2 atom stereocenters. The van der Waals surface area contributed by atoms with Gasteiger partial charge >= 0.3 is 0 Å². The van der Waals surface area contributed by atoms with E-state index in [2.05, 4.69) is 19.2 Å². The van der Waals surface area contributed by atoms with Crippen molar-refractivity contribution in [1.29, 1.82) is 0 Å². The van der Waals surface area contributed by atoms with Crippen LogP contribution in [0.4, 0.5) is 5.69 Å². The fraction of sp³-hybridized carbons (Fsp3) is 0.579. The van der Waals surface area contributed by atoms with Crippen molar-refractivity contribution in [3.8, 4) is 0 Å². The van der Waals surface area contributed by atoms with Gasteiger partial charge in [-0.15, -0.1) is 0 Å². The molecule has 0 unspecified atom stereocenters. The molecule has 1 fully saturated rings. The molecule has 2 amide bonds. The summed E-state index contributed by atoms with van der Waals surface area (Å²) in [5.74, 6) is -0.162. The SMILES string of the molecule is CCO[C@H]1C[C@@H](NC(=O)c2ccccc2N(C)C(=O)CC)C1(C)C. The van der Waals surface area contributed by atoms with Crippen molar-refractivity contribution in [2.24, 2.45) is 5.41 Å². The second kappa shape index (κ2) is 7.34. The van der Waals surface area contributed by atoms with Crippen LogP contribution in [0.5, 0.6) is 0 Å². The molecule has 5 nitrogen and oxygen atoms in total. The number of ether oxygens (including phenoxy) is 1. The lowest BCUT2D eigenvalue weighted by Gasteiger charge is -2.51. The third kappa shape index (κ3) is 3.46. The third-order valence-electron chi connectivity index (χ3n) is 5.04. The molecule has 0 aliphatic heterocycles. The molecule has 24 heavy (non-hydrogen) atoms. The molecule has 2 rings (SSSR count). The van der Waals surface area contributed by atoms with Crippen molar-refractivity contribution < 1.29 is 14.3 Å². The molecule has 0 radical (unpaired) electrons. The van der Waals surface area contributed by atoms with Crippen molar-refractivity contribution in [3.05, 3.63) is 29.8 Å². The average molecular weight is 332 g/mol. The molecule has 0 saturated heterocycles. The number of rotatable bonds is 6. The van der Waals surface area contributed by atoms with E-state index in [0.29, 0.717) is 24.3 Å². The van der Waals surface area contributed by atoms with Gasteiger partial charge in [0, 0.05) is 31.5 Å². The highest BCUT2D eigenvalue weighted by Crippen LogP contribution is 2.43. The number of hydrogen-bond acceptors (Lipinski definition) is 3. The number of amides is 2. The minimum atomic E-state index is -0.144. The second-order valence-corrected chi connectivity index (χ2v) is 6.85. The highest BCUT2D eigenvalue weighted by atomic mass is 16.5. The molecule has 1 aromatic rings. The average Bonchev–Trinajstić information content (AvgIpc) is 2.59. The third-order valence-corrected chi connectivity index (χ3v) is 5.04. The number of carbonyl (C=O) groups is 2. The Balaban J connectivity index is 2.13. The lowest BCUT2D eigenvalue weighted by molar-refractivity contribution is -0.118. The predicted molar refractivity (Wildman–Crippen MR) is 95.2 cm³/mol. The summed E-state index contributed by atoms with van der Waals surface area (Å²) in [6, 6.07) is 7.29. The largest absolute Gasteiger partial charge is 0.378 e. The molecule has 132 valence electrons. The normalized spacial score (nSPS) is 21.7. The van der Waals surface area contributed by atoms with Gasteiger partial charge in [-0.1, -0.05) is 32.9 Å². The van der Waals surface area contributed by atoms with E-state index in [4.69, 9.17) is 4.74 Å². The molecule has 0 heterocycles. The van der Waals surface area contributed by atoms with Gasteiger partial charge in [-0.05, 0) is 25.5 Å². The van der Waals surface area contributed by atoms with E-state index in [1.54, 1.807) is 24.1 Å². The number of benzene rings is 1. The molecule has 0 aromatic heterocycles. The van der Waals surface area contributed by atoms with E-state index in [-0.39, 0.29) is 29.4 Å². The molecule has 5 heteroatoms. The van der Waals surface area contributed by atoms with Gasteiger partial charge in [-0.3, -0.25) is 9.59 Å². The summed E-state index contributed by atoms with van der Waals surface area (Å²) in [5, 5.41) is 3.11. The van der Waals surface area contributed by atoms with Gasteiger partial charge in [0.1, 0.15) is 0 Å². The van der Waals surface area contributed by atoms with Gasteiger partial charge in [-0.25, -0.2) is 0 Å². The minimum absolute atomic E-state index is 0.0179. The van der Waals surface area contributed by atoms with Gasteiger partial charge in [0.25, 0.3) is 5.91 Å². The van der Waals surface area contributed by atoms with Crippen molar-refractivity contribution >= 4 is 17.5 Å². The van der Waals surface area contributed by atoms with Crippen LogP contribution in [0.3, 0.4) is 0 Å². The number of anilines is 1. The van der Waals surface area contributed by atoms with Crippen LogP contribution in [0.1, 0.15) is 50.9 Å². The first kappa shape index (κ1) is 18.5. The molecule has 0 spiro atoms. The summed E-state index contributed by atoms with van der Waals surface area (Å²) in [6.07, 6.45) is 1.39. The summed E-state index contributed by atoms with van der Waals surface area (Å²) in [7, 11) is 1.70. The first-order chi connectivity index (χ1) is 11.3. The molecule has 0 bridgehead atoms. The Labute approximate surface area is 144 Å². The lowest BCUT2D eigenvalue weighted by atomic mass is 9.64. The van der Waals surface area contributed by atoms with Gasteiger partial charge < -0.3 is 15.0 Å². The quantitative estimate of drug-likeness (QED) is 0.871. The Kier molecular flexibility index (Phi) is 5.65. The summed E-state index contributed by atoms with van der Waals surface area (Å²) >= 11 is 0. The van der Waals surface area contributed by atoms with Gasteiger partial charge in [-0.2, -0.15) is 0 Å². The zero-order valence-corrected chi connectivity index (χ0v) is 15.3. The monoisotopic (exact) mass is 332 g/mol. The maximum atomic E-state index is 12.7. The predicted octanol–water partition coefficient (Wildman–Crippen LogP) is 2.99. The first-order valence-corrected chi connectivity index (χ1v) is 8.60. The van der Waals surface area contributed by atoms with Crippen LogP contribution in [-0.2, 0) is 9.53 Å². The van der Waals surface area contributed by atoms with Crippen LogP contribution in [0, 0.1) is 5.41 Å². The summed E-state index contributed by atoms with van der Waals surface area (Å²) in [6.45, 7) is 8.70. The van der Waals surface area contributed by atoms with Crippen LogP contribution < -0.4 is 10.2 Å². The van der Waals surface area contributed by atoms with Crippen LogP contribution in [0.2, 0.25) is 0 Å². The van der Waals surface area contributed by atoms with Gasteiger partial charge in [0.2, 0.25) is 5.91 Å². The highest BCUT2D eigenvalue weighted by Gasteiger charge is 2.49. The summed E-state index contributed by atoms with van der Waals surface area (Å²) in [4.78, 5) is 26.3. The second-order valence-electron chi connectivity index (χ2n) is 6.85. The Morgan fingerprint density at radius 1 is 1.29 bits per heavy atom. The maximum absolute atomic E-state index is 12.7. The first-order valence-electron chi connectivity index (χ1n) is 8.60. The van der Waals surface area contributed by atoms with E-state index in [1.807, 2.05) is 26.0 Å². The lowest BCUT2D eigenvalue weighted by Crippen LogP contribution is -2.62. The number of para-hydroxylation sites is 1. The van der Waals surface area contributed by atoms with Crippen LogP contribution in [0.15, 0.2) is 24.3 Å². The number of nitrogens with one attached hydrogen (secondary N) is 1. The van der Waals surface area contributed by atoms with Crippen molar-refractivity contribution in [3.63, 3.8) is 0 Å². The Bertz CT molecular complexity index is 612. The zero-order chi connectivity index (χ0) is 17.9. The van der Waals surface area contributed by atoms with Crippen LogP contribution in [-0.4, -0.2) is 37.6 Å². The van der Waals surface area contributed by atoms with E-state index >= 15 is 0 Å². The molecule has 1 saturated carbocycles. The zero-order valence-electron chi connectivity index (χ0n) is 15.3. The van der Waals surface area contributed by atoms with E-state index in [9.17, 15) is 9.59 Å². The molecule has 1 aliphatic rings. The van der Waals surface area contributed by atoms with E-state index in [0.717, 1.165) is 6.42 Å². The van der Waals surface area contributed by atoms with E-state index < -0.39 is 0 Å². The standard InChI is InChI=1S/C19H28N2O3/c1-6-17(22)21(5)14-11-9-8-10-13(14)18(23)20-15-12-16(24-7-2)19(15,3)4/h8-11,15-16H,6-7,12H2,1-5H3,(H,20,23)/t15-,16+/m1/s1.